The zero-order valence-corrected chi connectivity index (χ0v) is 17.3. The van der Waals surface area contributed by atoms with Crippen LogP contribution in [0.3, 0.4) is 0 Å². The fourth-order valence-corrected chi connectivity index (χ4v) is 3.28. The van der Waals surface area contributed by atoms with Crippen LogP contribution in [0.1, 0.15) is 24.8 Å². The Morgan fingerprint density at radius 2 is 1.63 bits per heavy atom. The van der Waals surface area contributed by atoms with Gasteiger partial charge in [0.1, 0.15) is 0 Å². The van der Waals surface area contributed by atoms with Crippen molar-refractivity contribution in [2.24, 2.45) is 0 Å². The van der Waals surface area contributed by atoms with Gasteiger partial charge in [0, 0.05) is 32.1 Å². The maximum absolute atomic E-state index is 12.5. The Morgan fingerprint density at radius 1 is 1.00 bits per heavy atom. The quantitative estimate of drug-likeness (QED) is 0.736. The minimum atomic E-state index is -0.289. The Kier molecular flexibility index (Phi) is 6.56. The lowest BCUT2D eigenvalue weighted by Gasteiger charge is -2.25. The minimum absolute atomic E-state index is 0.197. The second-order valence-electron chi connectivity index (χ2n) is 7.00. The number of methoxy groups -OCH3 is 2. The number of benzene rings is 2. The molecule has 0 spiro atoms. The Morgan fingerprint density at radius 3 is 2.23 bits per heavy atom. The first-order valence-corrected chi connectivity index (χ1v) is 9.62. The summed E-state index contributed by atoms with van der Waals surface area (Å²) in [6.07, 6.45) is 1.32. The lowest BCUT2D eigenvalue weighted by atomic mass is 10.1. The molecule has 0 aromatic heterocycles. The molecule has 1 fully saturated rings. The van der Waals surface area contributed by atoms with Gasteiger partial charge in [-0.1, -0.05) is 6.07 Å². The number of nitrogens with one attached hydrogen (secondary N) is 1. The molecule has 158 valence electrons. The van der Waals surface area contributed by atoms with E-state index in [0.29, 0.717) is 48.7 Å². The zero-order valence-electron chi connectivity index (χ0n) is 17.3. The van der Waals surface area contributed by atoms with Crippen LogP contribution >= 0.6 is 0 Å². The third-order valence-corrected chi connectivity index (χ3v) is 4.87. The van der Waals surface area contributed by atoms with Crippen molar-refractivity contribution in [1.82, 2.24) is 4.90 Å². The van der Waals surface area contributed by atoms with Gasteiger partial charge in [0.25, 0.3) is 0 Å². The lowest BCUT2D eigenvalue weighted by molar-refractivity contribution is -0.129. The van der Waals surface area contributed by atoms with Gasteiger partial charge in [0.2, 0.25) is 11.8 Å². The van der Waals surface area contributed by atoms with Crippen molar-refractivity contribution in [3.8, 4) is 11.5 Å². The summed E-state index contributed by atoms with van der Waals surface area (Å²) in [6, 6.07) is 11.9. The molecule has 4 amide bonds. The Hall–Kier alpha value is -3.55. The number of amides is 4. The second kappa shape index (κ2) is 9.30. The molecule has 1 saturated heterocycles. The second-order valence-corrected chi connectivity index (χ2v) is 7.00. The van der Waals surface area contributed by atoms with Crippen molar-refractivity contribution >= 4 is 29.2 Å². The fourth-order valence-electron chi connectivity index (χ4n) is 3.28. The standard InChI is InChI=1S/C22H25N3O5/c1-24(14-15-7-12-18(29-2)19(13-15)30-3)22(28)23-16-8-10-17(11-9-16)25-20(26)5-4-6-21(25)27/h7-13H,4-6,14H2,1-3H3,(H,23,28). The van der Waals surface area contributed by atoms with Crippen LogP contribution < -0.4 is 19.7 Å². The number of nitrogens with zero attached hydrogens (tertiary/aromatic N) is 2. The summed E-state index contributed by atoms with van der Waals surface area (Å²) in [6.45, 7) is 0.376. The van der Waals surface area contributed by atoms with Gasteiger partial charge in [-0.2, -0.15) is 0 Å². The van der Waals surface area contributed by atoms with Crippen molar-refractivity contribution in [1.29, 1.82) is 0 Å². The largest absolute Gasteiger partial charge is 0.493 e. The topological polar surface area (TPSA) is 88.2 Å². The van der Waals surface area contributed by atoms with E-state index >= 15 is 0 Å². The molecule has 30 heavy (non-hydrogen) atoms. The van der Waals surface area contributed by atoms with Crippen LogP contribution in [-0.4, -0.2) is 44.0 Å². The molecule has 1 N–H and O–H groups in total. The average Bonchev–Trinajstić information content (AvgIpc) is 2.74. The molecular weight excluding hydrogens is 386 g/mol. The molecule has 3 rings (SSSR count). The summed E-state index contributed by atoms with van der Waals surface area (Å²) >= 11 is 0. The highest BCUT2D eigenvalue weighted by Gasteiger charge is 2.27. The van der Waals surface area contributed by atoms with Crippen molar-refractivity contribution < 1.29 is 23.9 Å². The van der Waals surface area contributed by atoms with Crippen molar-refractivity contribution in [3.05, 3.63) is 48.0 Å². The predicted octanol–water partition coefficient (Wildman–Crippen LogP) is 3.41. The van der Waals surface area contributed by atoms with Gasteiger partial charge in [0.05, 0.1) is 19.9 Å². The molecule has 0 radical (unpaired) electrons. The molecule has 8 heteroatoms. The summed E-state index contributed by atoms with van der Waals surface area (Å²) in [5.41, 5.74) is 1.98. The number of piperidine rings is 1. The lowest BCUT2D eigenvalue weighted by Crippen LogP contribution is -2.40. The molecule has 0 saturated carbocycles. The Balaban J connectivity index is 1.63. The number of carbonyl (C=O) groups is 3. The molecule has 1 heterocycles. The molecule has 8 nitrogen and oxygen atoms in total. The van der Waals surface area contributed by atoms with Gasteiger partial charge in [-0.25, -0.2) is 4.79 Å². The molecule has 1 aliphatic rings. The molecule has 0 aliphatic carbocycles. The minimum Gasteiger partial charge on any atom is -0.493 e. The highest BCUT2D eigenvalue weighted by Crippen LogP contribution is 2.28. The van der Waals surface area contributed by atoms with Gasteiger partial charge in [-0.05, 0) is 48.4 Å². The Bertz CT molecular complexity index is 926. The van der Waals surface area contributed by atoms with E-state index < -0.39 is 0 Å². The Labute approximate surface area is 175 Å². The highest BCUT2D eigenvalue weighted by molar-refractivity contribution is 6.16. The molecule has 0 unspecified atom stereocenters. The molecule has 2 aromatic rings. The molecule has 1 aliphatic heterocycles. The number of rotatable bonds is 6. The monoisotopic (exact) mass is 411 g/mol. The number of carbonyl (C=O) groups excluding carboxylic acids is 3. The molecule has 0 bridgehead atoms. The van der Waals surface area contributed by atoms with E-state index in [-0.39, 0.29) is 17.8 Å². The average molecular weight is 411 g/mol. The summed E-state index contributed by atoms with van der Waals surface area (Å²) in [7, 11) is 4.82. The summed E-state index contributed by atoms with van der Waals surface area (Å²) < 4.78 is 10.5. The molecule has 2 aromatic carbocycles. The van der Waals surface area contributed by atoms with Gasteiger partial charge >= 0.3 is 6.03 Å². The maximum Gasteiger partial charge on any atom is 0.321 e. The first-order valence-electron chi connectivity index (χ1n) is 9.62. The van der Waals surface area contributed by atoms with E-state index in [4.69, 9.17) is 9.47 Å². The third kappa shape index (κ3) is 4.71. The van der Waals surface area contributed by atoms with Gasteiger partial charge in [0.15, 0.2) is 11.5 Å². The van der Waals surface area contributed by atoms with Crippen LogP contribution in [-0.2, 0) is 16.1 Å². The third-order valence-electron chi connectivity index (χ3n) is 4.87. The van der Waals surface area contributed by atoms with E-state index in [0.717, 1.165) is 5.56 Å². The van der Waals surface area contributed by atoms with E-state index in [9.17, 15) is 14.4 Å². The van der Waals surface area contributed by atoms with E-state index in [1.807, 2.05) is 12.1 Å². The van der Waals surface area contributed by atoms with Gasteiger partial charge in [-0.3, -0.25) is 14.5 Å². The van der Waals surface area contributed by atoms with Crippen LogP contribution in [0, 0.1) is 0 Å². The van der Waals surface area contributed by atoms with Crippen LogP contribution in [0.5, 0.6) is 11.5 Å². The fraction of sp³-hybridized carbons (Fsp3) is 0.318. The first-order chi connectivity index (χ1) is 14.4. The summed E-state index contributed by atoms with van der Waals surface area (Å²) in [5, 5.41) is 2.81. The summed E-state index contributed by atoms with van der Waals surface area (Å²) in [4.78, 5) is 39.3. The van der Waals surface area contributed by atoms with Crippen molar-refractivity contribution in [2.75, 3.05) is 31.5 Å². The number of imide groups is 1. The molecule has 0 atom stereocenters. The normalized spacial score (nSPS) is 13.8. The zero-order chi connectivity index (χ0) is 21.7. The maximum atomic E-state index is 12.5. The van der Waals surface area contributed by atoms with Crippen LogP contribution in [0.25, 0.3) is 0 Å². The number of anilines is 2. The highest BCUT2D eigenvalue weighted by atomic mass is 16.5. The first kappa shape index (κ1) is 21.2. The number of urea groups is 1. The van der Waals surface area contributed by atoms with Crippen LogP contribution in [0.15, 0.2) is 42.5 Å². The van der Waals surface area contributed by atoms with Gasteiger partial charge < -0.3 is 19.7 Å². The van der Waals surface area contributed by atoms with Crippen molar-refractivity contribution in [2.45, 2.75) is 25.8 Å². The molecular formula is C22H25N3O5. The van der Waals surface area contributed by atoms with Crippen molar-refractivity contribution in [3.63, 3.8) is 0 Å². The van der Waals surface area contributed by atoms with E-state index in [1.165, 1.54) is 9.80 Å². The van der Waals surface area contributed by atoms with Gasteiger partial charge in [-0.15, -0.1) is 0 Å². The van der Waals surface area contributed by atoms with E-state index in [1.54, 1.807) is 51.6 Å². The smallest absolute Gasteiger partial charge is 0.321 e. The van der Waals surface area contributed by atoms with Crippen LogP contribution in [0.4, 0.5) is 16.2 Å². The predicted molar refractivity (Wildman–Crippen MR) is 113 cm³/mol. The SMILES string of the molecule is COc1ccc(CN(C)C(=O)Nc2ccc(N3C(=O)CCCC3=O)cc2)cc1OC. The van der Waals surface area contributed by atoms with E-state index in [2.05, 4.69) is 5.32 Å². The number of hydrogen-bond acceptors (Lipinski definition) is 5. The van der Waals surface area contributed by atoms with Crippen LogP contribution in [0.2, 0.25) is 0 Å². The summed E-state index contributed by atoms with van der Waals surface area (Å²) in [5.74, 6) is 0.829. The number of hydrogen-bond donors (Lipinski definition) is 1. The number of ether oxygens (including phenoxy) is 2.